The van der Waals surface area contributed by atoms with E-state index >= 15 is 0 Å². The van der Waals surface area contributed by atoms with Crippen molar-refractivity contribution in [2.75, 3.05) is 13.6 Å². The molecular formula is C14H24N2O3S. The average molecular weight is 300 g/mol. The second kappa shape index (κ2) is 7.17. The lowest BCUT2D eigenvalue weighted by atomic mass is 10.0. The van der Waals surface area contributed by atoms with Crippen molar-refractivity contribution in [3.8, 4) is 0 Å². The van der Waals surface area contributed by atoms with E-state index in [-0.39, 0.29) is 6.54 Å². The summed E-state index contributed by atoms with van der Waals surface area (Å²) in [6.45, 7) is 3.90. The molecule has 0 spiro atoms. The first kappa shape index (κ1) is 17.1. The Morgan fingerprint density at radius 2 is 1.90 bits per heavy atom. The quantitative estimate of drug-likeness (QED) is 0.764. The molecule has 1 rings (SSSR count). The molecule has 1 aromatic carbocycles. The van der Waals surface area contributed by atoms with Crippen LogP contribution in [-0.2, 0) is 16.8 Å². The van der Waals surface area contributed by atoms with Crippen LogP contribution < -0.4 is 4.72 Å². The van der Waals surface area contributed by atoms with Gasteiger partial charge in [0.1, 0.15) is 0 Å². The van der Waals surface area contributed by atoms with E-state index in [1.54, 1.807) is 6.92 Å². The molecule has 0 radical (unpaired) electrons. The molecule has 0 saturated heterocycles. The highest BCUT2D eigenvalue weighted by Crippen LogP contribution is 2.12. The lowest BCUT2D eigenvalue weighted by Gasteiger charge is -2.25. The van der Waals surface area contributed by atoms with Gasteiger partial charge in [-0.15, -0.1) is 0 Å². The molecule has 1 unspecified atom stereocenters. The highest BCUT2D eigenvalue weighted by Gasteiger charge is 2.24. The normalized spacial score (nSPS) is 15.2. The maximum absolute atomic E-state index is 12.1. The lowest BCUT2D eigenvalue weighted by Crippen LogP contribution is -2.45. The highest BCUT2D eigenvalue weighted by molar-refractivity contribution is 7.87. The van der Waals surface area contributed by atoms with Gasteiger partial charge in [-0.2, -0.15) is 17.4 Å². The van der Waals surface area contributed by atoms with Gasteiger partial charge in [0.25, 0.3) is 10.2 Å². The van der Waals surface area contributed by atoms with Gasteiger partial charge in [0, 0.05) is 20.1 Å². The Morgan fingerprint density at radius 3 is 2.45 bits per heavy atom. The number of hydrogen-bond donors (Lipinski definition) is 2. The van der Waals surface area contributed by atoms with Crippen LogP contribution >= 0.6 is 0 Å². The summed E-state index contributed by atoms with van der Waals surface area (Å²) < 4.78 is 27.9. The molecule has 1 atom stereocenters. The number of aliphatic hydroxyl groups is 1. The molecule has 0 aromatic heterocycles. The van der Waals surface area contributed by atoms with E-state index in [0.717, 1.165) is 12.0 Å². The fourth-order valence-electron chi connectivity index (χ4n) is 1.91. The predicted molar refractivity (Wildman–Crippen MR) is 80.4 cm³/mol. The van der Waals surface area contributed by atoms with Crippen molar-refractivity contribution in [3.63, 3.8) is 0 Å². The number of hydrogen-bond acceptors (Lipinski definition) is 3. The molecule has 0 amide bonds. The Hall–Kier alpha value is -0.950. The van der Waals surface area contributed by atoms with Crippen molar-refractivity contribution in [3.05, 3.63) is 35.9 Å². The van der Waals surface area contributed by atoms with Crippen LogP contribution in [0.2, 0.25) is 0 Å². The van der Waals surface area contributed by atoms with Gasteiger partial charge in [0.2, 0.25) is 0 Å². The van der Waals surface area contributed by atoms with Gasteiger partial charge in [0.05, 0.1) is 5.60 Å². The van der Waals surface area contributed by atoms with E-state index in [1.807, 2.05) is 37.3 Å². The third kappa shape index (κ3) is 5.58. The Balaban J connectivity index is 2.60. The maximum atomic E-state index is 12.1. The first-order valence-corrected chi connectivity index (χ1v) is 8.18. The zero-order chi connectivity index (χ0) is 15.2. The van der Waals surface area contributed by atoms with Crippen molar-refractivity contribution in [1.29, 1.82) is 0 Å². The first-order chi connectivity index (χ1) is 9.27. The van der Waals surface area contributed by atoms with Crippen molar-refractivity contribution < 1.29 is 13.5 Å². The summed E-state index contributed by atoms with van der Waals surface area (Å²) in [6, 6.07) is 9.38. The molecule has 5 nitrogen and oxygen atoms in total. The standard InChI is InChI=1S/C14H24N2O3S/c1-4-10-14(2,17)12-15-20(18,19)16(3)11-13-8-6-5-7-9-13/h5-9,15,17H,4,10-12H2,1-3H3. The number of nitrogens with one attached hydrogen (secondary N) is 1. The van der Waals surface area contributed by atoms with Gasteiger partial charge >= 0.3 is 0 Å². The lowest BCUT2D eigenvalue weighted by molar-refractivity contribution is 0.0550. The van der Waals surface area contributed by atoms with Crippen molar-refractivity contribution in [2.24, 2.45) is 0 Å². The molecule has 6 heteroatoms. The Labute approximate surface area is 121 Å². The van der Waals surface area contributed by atoms with Crippen LogP contribution in [0, 0.1) is 0 Å². The zero-order valence-electron chi connectivity index (χ0n) is 12.3. The molecule has 0 heterocycles. The minimum absolute atomic E-state index is 0.0162. The van der Waals surface area contributed by atoms with Gasteiger partial charge in [-0.05, 0) is 18.9 Å². The van der Waals surface area contributed by atoms with Gasteiger partial charge in [0.15, 0.2) is 0 Å². The highest BCUT2D eigenvalue weighted by atomic mass is 32.2. The summed E-state index contributed by atoms with van der Waals surface area (Å²) in [4.78, 5) is 0. The van der Waals surface area contributed by atoms with E-state index in [2.05, 4.69) is 4.72 Å². The molecule has 114 valence electrons. The van der Waals surface area contributed by atoms with Crippen LogP contribution in [0.4, 0.5) is 0 Å². The van der Waals surface area contributed by atoms with Gasteiger partial charge < -0.3 is 5.11 Å². The zero-order valence-corrected chi connectivity index (χ0v) is 13.2. The second-order valence-corrected chi connectivity index (χ2v) is 7.18. The number of nitrogens with zero attached hydrogens (tertiary/aromatic N) is 1. The molecule has 0 fully saturated rings. The van der Waals surface area contributed by atoms with Gasteiger partial charge in [-0.1, -0.05) is 43.7 Å². The van der Waals surface area contributed by atoms with Gasteiger partial charge in [-0.3, -0.25) is 0 Å². The number of benzene rings is 1. The third-order valence-electron chi connectivity index (χ3n) is 3.08. The van der Waals surface area contributed by atoms with E-state index < -0.39 is 15.8 Å². The molecule has 1 aromatic rings. The van der Waals surface area contributed by atoms with Crippen LogP contribution in [0.1, 0.15) is 32.3 Å². The SMILES string of the molecule is CCCC(C)(O)CNS(=O)(=O)N(C)Cc1ccccc1. The molecule has 0 aliphatic carbocycles. The summed E-state index contributed by atoms with van der Waals surface area (Å²) in [6.07, 6.45) is 1.35. The van der Waals surface area contributed by atoms with Crippen LogP contribution in [0.5, 0.6) is 0 Å². The number of rotatable bonds is 8. The molecule has 0 aliphatic rings. The first-order valence-electron chi connectivity index (χ1n) is 6.74. The third-order valence-corrected chi connectivity index (χ3v) is 4.54. The fourth-order valence-corrected chi connectivity index (χ4v) is 2.94. The Kier molecular flexibility index (Phi) is 6.13. The molecule has 0 saturated carbocycles. The predicted octanol–water partition coefficient (Wildman–Crippen LogP) is 1.50. The van der Waals surface area contributed by atoms with E-state index in [9.17, 15) is 13.5 Å². The Bertz CT molecular complexity index is 500. The van der Waals surface area contributed by atoms with Crippen LogP contribution in [-0.4, -0.2) is 37.0 Å². The molecule has 2 N–H and O–H groups in total. The van der Waals surface area contributed by atoms with Crippen molar-refractivity contribution in [2.45, 2.75) is 38.8 Å². The van der Waals surface area contributed by atoms with Crippen LogP contribution in [0.3, 0.4) is 0 Å². The summed E-state index contributed by atoms with van der Waals surface area (Å²) in [5.41, 5.74) is -0.101. The minimum Gasteiger partial charge on any atom is -0.389 e. The van der Waals surface area contributed by atoms with Crippen LogP contribution in [0.15, 0.2) is 30.3 Å². The van der Waals surface area contributed by atoms with E-state index in [4.69, 9.17) is 0 Å². The summed E-state index contributed by atoms with van der Waals surface area (Å²) >= 11 is 0. The van der Waals surface area contributed by atoms with Gasteiger partial charge in [-0.25, -0.2) is 0 Å². The molecule has 20 heavy (non-hydrogen) atoms. The maximum Gasteiger partial charge on any atom is 0.279 e. The summed E-state index contributed by atoms with van der Waals surface area (Å²) in [7, 11) is -2.07. The van der Waals surface area contributed by atoms with E-state index in [0.29, 0.717) is 13.0 Å². The van der Waals surface area contributed by atoms with Crippen molar-refractivity contribution >= 4 is 10.2 Å². The molecular weight excluding hydrogens is 276 g/mol. The molecule has 0 bridgehead atoms. The smallest absolute Gasteiger partial charge is 0.279 e. The largest absolute Gasteiger partial charge is 0.389 e. The molecule has 0 aliphatic heterocycles. The fraction of sp³-hybridized carbons (Fsp3) is 0.571. The van der Waals surface area contributed by atoms with Crippen LogP contribution in [0.25, 0.3) is 0 Å². The second-order valence-electron chi connectivity index (χ2n) is 5.31. The summed E-state index contributed by atoms with van der Waals surface area (Å²) in [5, 5.41) is 10.0. The van der Waals surface area contributed by atoms with Crippen molar-refractivity contribution in [1.82, 2.24) is 9.03 Å². The Morgan fingerprint density at radius 1 is 1.30 bits per heavy atom. The minimum atomic E-state index is -3.59. The topological polar surface area (TPSA) is 69.6 Å². The van der Waals surface area contributed by atoms with E-state index in [1.165, 1.54) is 11.4 Å². The summed E-state index contributed by atoms with van der Waals surface area (Å²) in [5.74, 6) is 0. The monoisotopic (exact) mass is 300 g/mol. The average Bonchev–Trinajstić information content (AvgIpc) is 2.38.